The number of nitrogens with one attached hydrogen (secondary N) is 1. The van der Waals surface area contributed by atoms with Gasteiger partial charge in [0.05, 0.1) is 0 Å². The molecule has 0 aromatic heterocycles. The Labute approximate surface area is 207 Å². The maximum Gasteiger partial charge on any atom is 0.0118 e. The minimum absolute atomic E-state index is 0.418. The van der Waals surface area contributed by atoms with Gasteiger partial charge in [0, 0.05) is 6.04 Å². The van der Waals surface area contributed by atoms with Crippen molar-refractivity contribution in [2.45, 2.75) is 132 Å². The first-order valence-electron chi connectivity index (χ1n) is 15.1. The summed E-state index contributed by atoms with van der Waals surface area (Å²) in [5, 5.41) is 3.75. The zero-order valence-corrected chi connectivity index (χ0v) is 23.8. The lowest BCUT2D eigenvalue weighted by molar-refractivity contribution is -0.245. The van der Waals surface area contributed by atoms with Gasteiger partial charge in [0.1, 0.15) is 0 Å². The average Bonchev–Trinajstić information content (AvgIpc) is 3.11. The van der Waals surface area contributed by atoms with Gasteiger partial charge in [0.25, 0.3) is 0 Å². The molecule has 5 rings (SSSR count). The lowest BCUT2D eigenvalue weighted by atomic mass is 9.31. The molecule has 0 aliphatic heterocycles. The van der Waals surface area contributed by atoms with Crippen LogP contribution in [-0.4, -0.2) is 13.1 Å². The largest absolute Gasteiger partial charge is 0.316 e. The van der Waals surface area contributed by atoms with E-state index in [4.69, 9.17) is 0 Å². The molecule has 10 atom stereocenters. The van der Waals surface area contributed by atoms with Crippen LogP contribution in [0.3, 0.4) is 0 Å². The smallest absolute Gasteiger partial charge is 0.0118 e. The van der Waals surface area contributed by atoms with Crippen LogP contribution in [0.4, 0.5) is 0 Å². The van der Waals surface area contributed by atoms with Crippen LogP contribution >= 0.6 is 0 Å². The zero-order chi connectivity index (χ0) is 24.0. The molecule has 5 unspecified atom stereocenters. The van der Waals surface area contributed by atoms with Crippen molar-refractivity contribution in [1.29, 1.82) is 0 Å². The molecule has 0 saturated heterocycles. The quantitative estimate of drug-likeness (QED) is 0.448. The molecule has 5 aliphatic carbocycles. The highest BCUT2D eigenvalue weighted by atomic mass is 14.9. The van der Waals surface area contributed by atoms with Crippen LogP contribution in [0.1, 0.15) is 126 Å². The predicted molar refractivity (Wildman–Crippen MR) is 142 cm³/mol. The van der Waals surface area contributed by atoms with Gasteiger partial charge in [-0.15, -0.1) is 0 Å². The lowest BCUT2D eigenvalue weighted by Gasteiger charge is -2.73. The van der Waals surface area contributed by atoms with E-state index in [-0.39, 0.29) is 0 Å². The van der Waals surface area contributed by atoms with Gasteiger partial charge in [-0.25, -0.2) is 0 Å². The van der Waals surface area contributed by atoms with Gasteiger partial charge in [-0.1, -0.05) is 55.4 Å². The summed E-state index contributed by atoms with van der Waals surface area (Å²) in [6.45, 7) is 21.3. The van der Waals surface area contributed by atoms with Crippen molar-refractivity contribution < 1.29 is 0 Å². The number of rotatable bonds is 3. The molecular weight excluding hydrogens is 398 g/mol. The maximum absolute atomic E-state index is 3.75. The SMILES string of the molecule is CCC12CC[C@H](NC)C(C)(C)C1CC[C@]1(C)C2CCC2C3[C@H](C(C)C)CC[C@]3(C)CC[C@]21C. The van der Waals surface area contributed by atoms with Gasteiger partial charge in [0.15, 0.2) is 0 Å². The third kappa shape index (κ3) is 2.99. The van der Waals surface area contributed by atoms with Crippen LogP contribution in [0.15, 0.2) is 0 Å². The number of fused-ring (bicyclic) bond motifs is 7. The monoisotopic (exact) mass is 455 g/mol. The van der Waals surface area contributed by atoms with E-state index in [2.05, 4.69) is 67.8 Å². The molecular formula is C32H57N. The summed E-state index contributed by atoms with van der Waals surface area (Å²) in [5.74, 6) is 5.63. The van der Waals surface area contributed by atoms with Crippen molar-refractivity contribution in [3.05, 3.63) is 0 Å². The summed E-state index contributed by atoms with van der Waals surface area (Å²) in [6, 6.07) is 0.694. The van der Waals surface area contributed by atoms with Gasteiger partial charge >= 0.3 is 0 Å². The van der Waals surface area contributed by atoms with Crippen molar-refractivity contribution in [3.63, 3.8) is 0 Å². The van der Waals surface area contributed by atoms with Crippen LogP contribution in [-0.2, 0) is 0 Å². The third-order valence-electron chi connectivity index (χ3n) is 14.5. The number of hydrogen-bond acceptors (Lipinski definition) is 1. The van der Waals surface area contributed by atoms with Crippen molar-refractivity contribution >= 4 is 0 Å². The standard InChI is InChI=1S/C32H57N/c1-10-32-18-15-26(33-9)28(4,5)24(32)14-17-31(8)25(32)12-11-23-27-22(21(2)3)13-16-29(27,6)19-20-30(23,31)7/h21-27,33H,10-20H2,1-9H3/t22-,23?,24?,25?,26-,27?,29+,30+,31+,32?/m0/s1. The molecule has 5 fully saturated rings. The summed E-state index contributed by atoms with van der Waals surface area (Å²) >= 11 is 0. The van der Waals surface area contributed by atoms with Gasteiger partial charge in [-0.2, -0.15) is 0 Å². The normalized spacial score (nSPS) is 55.5. The Morgan fingerprint density at radius 1 is 0.758 bits per heavy atom. The summed E-state index contributed by atoms with van der Waals surface area (Å²) in [7, 11) is 2.22. The second kappa shape index (κ2) is 7.73. The first-order valence-corrected chi connectivity index (χ1v) is 15.1. The fourth-order valence-corrected chi connectivity index (χ4v) is 12.6. The second-order valence-corrected chi connectivity index (χ2v) is 15.6. The molecule has 0 spiro atoms. The molecule has 5 saturated carbocycles. The predicted octanol–water partition coefficient (Wildman–Crippen LogP) is 8.72. The van der Waals surface area contributed by atoms with E-state index in [1.807, 2.05) is 0 Å². The van der Waals surface area contributed by atoms with E-state index in [1.54, 1.807) is 0 Å². The van der Waals surface area contributed by atoms with E-state index < -0.39 is 0 Å². The maximum atomic E-state index is 3.75. The van der Waals surface area contributed by atoms with E-state index in [0.29, 0.717) is 33.1 Å². The fraction of sp³-hybridized carbons (Fsp3) is 1.00. The highest BCUT2D eigenvalue weighted by Crippen LogP contribution is 2.78. The van der Waals surface area contributed by atoms with Crippen molar-refractivity contribution in [3.8, 4) is 0 Å². The zero-order valence-electron chi connectivity index (χ0n) is 23.8. The van der Waals surface area contributed by atoms with Gasteiger partial charge < -0.3 is 5.32 Å². The van der Waals surface area contributed by atoms with Crippen LogP contribution in [0.25, 0.3) is 0 Å². The molecule has 0 radical (unpaired) electrons. The average molecular weight is 456 g/mol. The van der Waals surface area contributed by atoms with Gasteiger partial charge in [-0.3, -0.25) is 0 Å². The summed E-state index contributed by atoms with van der Waals surface area (Å²) < 4.78 is 0. The number of hydrogen-bond donors (Lipinski definition) is 1. The molecule has 0 amide bonds. The molecule has 0 bridgehead atoms. The molecule has 1 heteroatoms. The lowest BCUT2D eigenvalue weighted by Crippen LogP contribution is -2.67. The molecule has 0 aromatic carbocycles. The van der Waals surface area contributed by atoms with E-state index in [9.17, 15) is 0 Å². The highest BCUT2D eigenvalue weighted by molar-refractivity contribution is 5.19. The molecule has 33 heavy (non-hydrogen) atoms. The molecule has 0 aromatic rings. The van der Waals surface area contributed by atoms with E-state index in [1.165, 1.54) is 70.6 Å². The highest BCUT2D eigenvalue weighted by Gasteiger charge is 2.70. The fourth-order valence-electron chi connectivity index (χ4n) is 12.6. The molecule has 1 nitrogen and oxygen atoms in total. The Hall–Kier alpha value is -0.0400. The second-order valence-electron chi connectivity index (χ2n) is 15.6. The summed E-state index contributed by atoms with van der Waals surface area (Å²) in [6.07, 6.45) is 16.3. The minimum atomic E-state index is 0.418. The third-order valence-corrected chi connectivity index (χ3v) is 14.5. The van der Waals surface area contributed by atoms with Crippen LogP contribution in [0.2, 0.25) is 0 Å². The van der Waals surface area contributed by atoms with E-state index in [0.717, 1.165) is 35.5 Å². The van der Waals surface area contributed by atoms with Crippen LogP contribution in [0, 0.1) is 62.6 Å². The Morgan fingerprint density at radius 3 is 2.12 bits per heavy atom. The first kappa shape index (κ1) is 24.6. The van der Waals surface area contributed by atoms with Crippen LogP contribution in [0.5, 0.6) is 0 Å². The summed E-state index contributed by atoms with van der Waals surface area (Å²) in [4.78, 5) is 0. The van der Waals surface area contributed by atoms with Crippen molar-refractivity contribution in [2.75, 3.05) is 7.05 Å². The molecule has 1 N–H and O–H groups in total. The Kier molecular flexibility index (Phi) is 5.77. The summed E-state index contributed by atoms with van der Waals surface area (Å²) in [5.41, 5.74) is 2.72. The Bertz CT molecular complexity index is 754. The Morgan fingerprint density at radius 2 is 1.48 bits per heavy atom. The molecule has 5 aliphatic rings. The molecule has 0 heterocycles. The minimum Gasteiger partial charge on any atom is -0.316 e. The van der Waals surface area contributed by atoms with E-state index >= 15 is 0 Å². The van der Waals surface area contributed by atoms with Gasteiger partial charge in [-0.05, 0) is 140 Å². The van der Waals surface area contributed by atoms with Crippen molar-refractivity contribution in [1.82, 2.24) is 5.32 Å². The molecule has 190 valence electrons. The topological polar surface area (TPSA) is 12.0 Å². The Balaban J connectivity index is 1.55. The van der Waals surface area contributed by atoms with Gasteiger partial charge in [0.2, 0.25) is 0 Å². The first-order chi connectivity index (χ1) is 15.4. The van der Waals surface area contributed by atoms with Crippen LogP contribution < -0.4 is 5.32 Å². The van der Waals surface area contributed by atoms with Crippen molar-refractivity contribution in [2.24, 2.45) is 62.6 Å².